The fraction of sp³-hybridized carbons (Fsp3) is 0.636. The first-order chi connectivity index (χ1) is 9.78. The van der Waals surface area contributed by atoms with E-state index in [1.807, 2.05) is 0 Å². The van der Waals surface area contributed by atoms with Crippen molar-refractivity contribution >= 4 is 23.8 Å². The van der Waals surface area contributed by atoms with Gasteiger partial charge in [0.1, 0.15) is 24.7 Å². The minimum Gasteiger partial charge on any atom is -0.544 e. The molecule has 0 bridgehead atoms. The van der Waals surface area contributed by atoms with Gasteiger partial charge in [-0.2, -0.15) is 5.06 Å². The second-order valence-electron chi connectivity index (χ2n) is 4.71. The average molecular weight is 324 g/mol. The van der Waals surface area contributed by atoms with Crippen LogP contribution in [0.25, 0.3) is 0 Å². The maximum atomic E-state index is 12.1. The Morgan fingerprint density at radius 3 is 2.59 bits per heavy atom. The van der Waals surface area contributed by atoms with Gasteiger partial charge < -0.3 is 25.1 Å². The molecule has 11 heteroatoms. The van der Waals surface area contributed by atoms with Gasteiger partial charge in [-0.25, -0.2) is 0 Å². The van der Waals surface area contributed by atoms with Crippen LogP contribution in [0.2, 0.25) is 0 Å². The number of hydroxylamine groups is 2. The summed E-state index contributed by atoms with van der Waals surface area (Å²) < 4.78 is 4.68. The van der Waals surface area contributed by atoms with E-state index in [2.05, 4.69) is 10.1 Å². The third-order valence-corrected chi connectivity index (χ3v) is 3.16. The number of hydrogen-bond acceptors (Lipinski definition) is 8. The van der Waals surface area contributed by atoms with Gasteiger partial charge in [-0.1, -0.05) is 0 Å². The van der Waals surface area contributed by atoms with Gasteiger partial charge in [-0.05, 0) is 6.92 Å². The van der Waals surface area contributed by atoms with Crippen molar-refractivity contribution in [2.75, 3.05) is 6.61 Å². The molecular formula is C11H13N2NaO8. The van der Waals surface area contributed by atoms with Crippen LogP contribution in [0, 0.1) is 0 Å². The number of nitrogens with one attached hydrogen (secondary N) is 1. The third kappa shape index (κ3) is 3.25. The average Bonchev–Trinajstić information content (AvgIpc) is 2.95. The van der Waals surface area contributed by atoms with Gasteiger partial charge in [-0.15, -0.1) is 0 Å². The first-order valence-corrected chi connectivity index (χ1v) is 6.16. The number of esters is 1. The van der Waals surface area contributed by atoms with Crippen molar-refractivity contribution < 1.29 is 68.5 Å². The molecule has 0 radical (unpaired) electrons. The van der Waals surface area contributed by atoms with Crippen molar-refractivity contribution in [2.24, 2.45) is 0 Å². The summed E-state index contributed by atoms with van der Waals surface area (Å²) in [6.07, 6.45) is -1.85. The number of carboxylic acid groups (broad SMARTS) is 1. The van der Waals surface area contributed by atoms with E-state index < -0.39 is 41.6 Å². The van der Waals surface area contributed by atoms with Gasteiger partial charge in [0.05, 0.1) is 6.42 Å². The Hall–Kier alpha value is -1.20. The Balaban J connectivity index is 0.00000242. The van der Waals surface area contributed by atoms with Crippen LogP contribution < -0.4 is 40.0 Å². The van der Waals surface area contributed by atoms with Crippen LogP contribution in [0.4, 0.5) is 0 Å². The molecule has 0 saturated carbocycles. The van der Waals surface area contributed by atoms with E-state index >= 15 is 0 Å². The van der Waals surface area contributed by atoms with Crippen LogP contribution in [-0.4, -0.2) is 58.4 Å². The number of aliphatic carboxylic acids is 1. The van der Waals surface area contributed by atoms with Crippen molar-refractivity contribution in [2.45, 2.75) is 37.6 Å². The number of carboxylic acids is 1. The van der Waals surface area contributed by atoms with Gasteiger partial charge in [0, 0.05) is 6.42 Å². The van der Waals surface area contributed by atoms with Crippen molar-refractivity contribution in [3.63, 3.8) is 0 Å². The van der Waals surface area contributed by atoms with Gasteiger partial charge in [-0.3, -0.25) is 19.2 Å². The second-order valence-corrected chi connectivity index (χ2v) is 4.71. The van der Waals surface area contributed by atoms with Crippen molar-refractivity contribution in [3.8, 4) is 0 Å². The van der Waals surface area contributed by atoms with Gasteiger partial charge in [0.25, 0.3) is 11.6 Å². The monoisotopic (exact) mass is 324 g/mol. The molecule has 22 heavy (non-hydrogen) atoms. The van der Waals surface area contributed by atoms with Crippen molar-refractivity contribution in [3.05, 3.63) is 0 Å². The molecular weight excluding hydrogens is 311 g/mol. The first-order valence-electron chi connectivity index (χ1n) is 6.16. The molecule has 10 nitrogen and oxygen atoms in total. The Morgan fingerprint density at radius 2 is 2.14 bits per heavy atom. The summed E-state index contributed by atoms with van der Waals surface area (Å²) in [4.78, 5) is 50.8. The summed E-state index contributed by atoms with van der Waals surface area (Å²) in [5, 5.41) is 22.9. The molecule has 0 aromatic carbocycles. The van der Waals surface area contributed by atoms with Crippen molar-refractivity contribution in [1.82, 2.24) is 10.4 Å². The van der Waals surface area contributed by atoms with Gasteiger partial charge in [0.15, 0.2) is 0 Å². The summed E-state index contributed by atoms with van der Waals surface area (Å²) in [6, 6.07) is -1.18. The fourth-order valence-electron chi connectivity index (χ4n) is 2.04. The predicted molar refractivity (Wildman–Crippen MR) is 59.5 cm³/mol. The zero-order chi connectivity index (χ0) is 15.8. The number of hydrogen-bond donors (Lipinski definition) is 2. The predicted octanol–water partition coefficient (Wildman–Crippen LogP) is -6.59. The van der Waals surface area contributed by atoms with E-state index in [0.29, 0.717) is 5.06 Å². The molecule has 0 aromatic rings. The van der Waals surface area contributed by atoms with Gasteiger partial charge >= 0.3 is 35.5 Å². The van der Waals surface area contributed by atoms with E-state index in [1.165, 1.54) is 6.92 Å². The molecule has 2 saturated heterocycles. The number of amides is 2. The van der Waals surface area contributed by atoms with E-state index in [1.54, 1.807) is 0 Å². The summed E-state index contributed by atoms with van der Waals surface area (Å²) >= 11 is 0. The smallest absolute Gasteiger partial charge is 0.544 e. The quantitative estimate of drug-likeness (QED) is 0.383. The molecule has 2 rings (SSSR count). The summed E-state index contributed by atoms with van der Waals surface area (Å²) in [5.41, 5.74) is -2.32. The van der Waals surface area contributed by atoms with Crippen molar-refractivity contribution in [1.29, 1.82) is 0 Å². The van der Waals surface area contributed by atoms with Crippen LogP contribution in [0.3, 0.4) is 0 Å². The Bertz CT molecular complexity index is 510. The molecule has 0 aromatic heterocycles. The topological polar surface area (TPSA) is 145 Å². The number of carbonyl (C=O) groups is 4. The third-order valence-electron chi connectivity index (χ3n) is 3.16. The molecule has 0 aliphatic carbocycles. The van der Waals surface area contributed by atoms with Gasteiger partial charge in [0.2, 0.25) is 5.91 Å². The number of aliphatic hydroxyl groups is 1. The van der Waals surface area contributed by atoms with Crippen LogP contribution in [0.5, 0.6) is 0 Å². The number of carbonyl (C=O) groups excluding carboxylic acids is 4. The maximum absolute atomic E-state index is 12.1. The first kappa shape index (κ1) is 18.8. The van der Waals surface area contributed by atoms with E-state index in [-0.39, 0.29) is 49.0 Å². The number of rotatable bonds is 4. The summed E-state index contributed by atoms with van der Waals surface area (Å²) in [6.45, 7) is 0.860. The standard InChI is InChI=1S/C11H14N2O8.Na/c1-5(14)8(16)12-6-4-20-13(9(6)17)11(10(18)19)3-2-7(15)21-11;/h5-6,14H,2-4H2,1H3,(H,12,16)(H,18,19);/q;+1/p-1/t5?,6-,11?;/m0./s1. The number of cyclic esters (lactones) is 1. The number of ether oxygens (including phenoxy) is 1. The largest absolute Gasteiger partial charge is 1.00 e. The van der Waals surface area contributed by atoms with Crippen LogP contribution in [0.15, 0.2) is 0 Å². The van der Waals surface area contributed by atoms with Crippen LogP contribution >= 0.6 is 0 Å². The maximum Gasteiger partial charge on any atom is 1.00 e. The second kappa shape index (κ2) is 6.92. The molecule has 3 atom stereocenters. The SMILES string of the molecule is CC(O)C(=O)N[C@H]1CON(C2(C(=O)[O-])CCC(=O)O2)C1=O.[Na+]. The molecule has 2 unspecified atom stereocenters. The Labute approximate surface area is 147 Å². The van der Waals surface area contributed by atoms with E-state index in [4.69, 9.17) is 9.94 Å². The minimum atomic E-state index is -2.32. The molecule has 2 aliphatic heterocycles. The zero-order valence-corrected chi connectivity index (χ0v) is 14.0. The number of aliphatic hydroxyl groups excluding tert-OH is 1. The molecule has 2 aliphatic rings. The summed E-state index contributed by atoms with van der Waals surface area (Å²) in [7, 11) is 0. The molecule has 2 heterocycles. The van der Waals surface area contributed by atoms with Crippen LogP contribution in [0.1, 0.15) is 19.8 Å². The number of nitrogens with zero attached hydrogens (tertiary/aromatic N) is 1. The summed E-state index contributed by atoms with van der Waals surface area (Å²) in [5.74, 6) is -4.30. The molecule has 2 N–H and O–H groups in total. The van der Waals surface area contributed by atoms with E-state index in [9.17, 15) is 24.3 Å². The Morgan fingerprint density at radius 1 is 1.50 bits per heavy atom. The molecule has 2 amide bonds. The van der Waals surface area contributed by atoms with E-state index in [0.717, 1.165) is 0 Å². The molecule has 0 spiro atoms. The Kier molecular flexibility index (Phi) is 5.93. The fourth-order valence-corrected chi connectivity index (χ4v) is 2.04. The molecule has 116 valence electrons. The zero-order valence-electron chi connectivity index (χ0n) is 12.0. The minimum absolute atomic E-state index is 0. The normalized spacial score (nSPS) is 28.8. The molecule has 2 fully saturated rings. The van der Waals surface area contributed by atoms with Crippen LogP contribution in [-0.2, 0) is 28.8 Å².